The van der Waals surface area contributed by atoms with Crippen LogP contribution in [0.4, 0.5) is 0 Å². The average Bonchev–Trinajstić information content (AvgIpc) is 2.34. The van der Waals surface area contributed by atoms with E-state index in [1.807, 2.05) is 0 Å². The van der Waals surface area contributed by atoms with Crippen LogP contribution in [-0.2, 0) is 12.8 Å². The molecule has 0 radical (unpaired) electrons. The lowest BCUT2D eigenvalue weighted by Crippen LogP contribution is -1.92. The van der Waals surface area contributed by atoms with E-state index in [0.29, 0.717) is 0 Å². The molecule has 0 aliphatic rings. The van der Waals surface area contributed by atoms with E-state index in [9.17, 15) is 0 Å². The van der Waals surface area contributed by atoms with Gasteiger partial charge < -0.3 is 0 Å². The number of aryl methyl sites for hydroxylation is 3. The van der Waals surface area contributed by atoms with Crippen LogP contribution in [0.25, 0.3) is 0 Å². The average molecular weight is 289 g/mol. The van der Waals surface area contributed by atoms with Crippen molar-refractivity contribution in [1.29, 1.82) is 0 Å². The Morgan fingerprint density at radius 1 is 0.882 bits per heavy atom. The van der Waals surface area contributed by atoms with Gasteiger partial charge in [-0.3, -0.25) is 0 Å². The van der Waals surface area contributed by atoms with Gasteiger partial charge in [-0.2, -0.15) is 0 Å². The third kappa shape index (κ3) is 3.71. The normalized spacial score (nSPS) is 10.5. The fourth-order valence-electron chi connectivity index (χ4n) is 2.02. The van der Waals surface area contributed by atoms with E-state index in [2.05, 4.69) is 71.4 Å². The van der Waals surface area contributed by atoms with Gasteiger partial charge in [0.25, 0.3) is 0 Å². The van der Waals surface area contributed by atoms with E-state index < -0.39 is 0 Å². The highest BCUT2D eigenvalue weighted by atomic mass is 79.9. The Labute approximate surface area is 112 Å². The summed E-state index contributed by atoms with van der Waals surface area (Å²) >= 11 is 3.46. The number of hydrogen-bond donors (Lipinski definition) is 0. The smallest absolute Gasteiger partial charge is 0.0175 e. The number of rotatable bonds is 4. The van der Waals surface area contributed by atoms with Crippen molar-refractivity contribution in [2.75, 3.05) is 0 Å². The van der Waals surface area contributed by atoms with Crippen LogP contribution in [-0.4, -0.2) is 0 Å². The fourth-order valence-corrected chi connectivity index (χ4v) is 2.29. The van der Waals surface area contributed by atoms with Crippen LogP contribution in [0.5, 0.6) is 0 Å². The Balaban J connectivity index is 1.88. The Morgan fingerprint density at radius 3 is 2.29 bits per heavy atom. The molecule has 1 heteroatoms. The molecule has 0 saturated carbocycles. The van der Waals surface area contributed by atoms with Gasteiger partial charge in [0, 0.05) is 4.47 Å². The topological polar surface area (TPSA) is 0 Å². The van der Waals surface area contributed by atoms with Crippen molar-refractivity contribution in [1.82, 2.24) is 0 Å². The van der Waals surface area contributed by atoms with Crippen molar-refractivity contribution in [3.05, 3.63) is 69.7 Å². The highest BCUT2D eigenvalue weighted by Crippen LogP contribution is 2.14. The maximum absolute atomic E-state index is 3.46. The van der Waals surface area contributed by atoms with Crippen LogP contribution >= 0.6 is 15.9 Å². The minimum atomic E-state index is 1.15. The van der Waals surface area contributed by atoms with Crippen LogP contribution in [0.2, 0.25) is 0 Å². The van der Waals surface area contributed by atoms with E-state index in [1.54, 1.807) is 0 Å². The molecule has 2 rings (SSSR count). The van der Waals surface area contributed by atoms with Crippen molar-refractivity contribution in [2.45, 2.75) is 26.2 Å². The zero-order valence-electron chi connectivity index (χ0n) is 10.1. The lowest BCUT2D eigenvalue weighted by Gasteiger charge is -2.05. The van der Waals surface area contributed by atoms with Crippen molar-refractivity contribution >= 4 is 15.9 Å². The maximum Gasteiger partial charge on any atom is 0.0175 e. The molecule has 0 nitrogen and oxygen atoms in total. The summed E-state index contributed by atoms with van der Waals surface area (Å²) in [5, 5.41) is 0. The fraction of sp³-hybridized carbons (Fsp3) is 0.250. The van der Waals surface area contributed by atoms with Gasteiger partial charge >= 0.3 is 0 Å². The molecule has 2 aromatic carbocycles. The van der Waals surface area contributed by atoms with Crippen molar-refractivity contribution in [3.63, 3.8) is 0 Å². The second-order valence-electron chi connectivity index (χ2n) is 4.41. The minimum absolute atomic E-state index is 1.15. The first kappa shape index (κ1) is 12.4. The highest BCUT2D eigenvalue weighted by Gasteiger charge is 1.98. The summed E-state index contributed by atoms with van der Waals surface area (Å²) in [4.78, 5) is 0. The molecule has 0 aromatic heterocycles. The molecule has 0 bridgehead atoms. The van der Waals surface area contributed by atoms with Gasteiger partial charge in [-0.25, -0.2) is 0 Å². The molecule has 0 saturated heterocycles. The van der Waals surface area contributed by atoms with Gasteiger partial charge in [0.15, 0.2) is 0 Å². The summed E-state index contributed by atoms with van der Waals surface area (Å²) in [5.74, 6) is 0. The van der Waals surface area contributed by atoms with E-state index in [-0.39, 0.29) is 0 Å². The molecule has 0 heterocycles. The molecule has 0 aliphatic heterocycles. The molecule has 88 valence electrons. The SMILES string of the molecule is Cc1ccccc1CCCc1ccc(Br)cc1. The van der Waals surface area contributed by atoms with Crippen LogP contribution in [0.1, 0.15) is 23.1 Å². The maximum atomic E-state index is 3.46. The molecular weight excluding hydrogens is 272 g/mol. The summed E-state index contributed by atoms with van der Waals surface area (Å²) in [7, 11) is 0. The Hall–Kier alpha value is -1.08. The van der Waals surface area contributed by atoms with Gasteiger partial charge in [-0.1, -0.05) is 52.3 Å². The predicted molar refractivity (Wildman–Crippen MR) is 77.3 cm³/mol. The van der Waals surface area contributed by atoms with E-state index in [1.165, 1.54) is 29.5 Å². The first-order valence-corrected chi connectivity index (χ1v) is 6.84. The first-order chi connectivity index (χ1) is 8.25. The van der Waals surface area contributed by atoms with E-state index >= 15 is 0 Å². The second-order valence-corrected chi connectivity index (χ2v) is 5.32. The quantitative estimate of drug-likeness (QED) is 0.748. The lowest BCUT2D eigenvalue weighted by molar-refractivity contribution is 0.816. The van der Waals surface area contributed by atoms with Crippen molar-refractivity contribution in [2.24, 2.45) is 0 Å². The molecule has 2 aromatic rings. The van der Waals surface area contributed by atoms with Crippen LogP contribution in [0.3, 0.4) is 0 Å². The van der Waals surface area contributed by atoms with Gasteiger partial charge in [0.1, 0.15) is 0 Å². The molecule has 0 aliphatic carbocycles. The minimum Gasteiger partial charge on any atom is -0.0620 e. The van der Waals surface area contributed by atoms with Crippen LogP contribution < -0.4 is 0 Å². The number of halogens is 1. The summed E-state index contributed by atoms with van der Waals surface area (Å²) in [6.07, 6.45) is 3.54. The van der Waals surface area contributed by atoms with Gasteiger partial charge in [0.2, 0.25) is 0 Å². The molecule has 0 unspecified atom stereocenters. The molecule has 0 amide bonds. The third-order valence-electron chi connectivity index (χ3n) is 3.09. The Kier molecular flexibility index (Phi) is 4.38. The molecule has 0 spiro atoms. The highest BCUT2D eigenvalue weighted by molar-refractivity contribution is 9.10. The summed E-state index contributed by atoms with van der Waals surface area (Å²) in [5.41, 5.74) is 4.30. The summed E-state index contributed by atoms with van der Waals surface area (Å²) in [6, 6.07) is 17.3. The standard InChI is InChI=1S/C16H17Br/c1-13-5-2-3-7-15(13)8-4-6-14-9-11-16(17)12-10-14/h2-3,5,7,9-12H,4,6,8H2,1H3. The molecule has 0 N–H and O–H groups in total. The number of benzene rings is 2. The third-order valence-corrected chi connectivity index (χ3v) is 3.61. The van der Waals surface area contributed by atoms with Gasteiger partial charge in [-0.15, -0.1) is 0 Å². The molecule has 0 fully saturated rings. The lowest BCUT2D eigenvalue weighted by atomic mass is 10.0. The summed E-state index contributed by atoms with van der Waals surface area (Å²) < 4.78 is 1.15. The zero-order valence-corrected chi connectivity index (χ0v) is 11.7. The second kappa shape index (κ2) is 6.02. The number of hydrogen-bond acceptors (Lipinski definition) is 0. The molecular formula is C16H17Br. The van der Waals surface area contributed by atoms with Crippen molar-refractivity contribution in [3.8, 4) is 0 Å². The van der Waals surface area contributed by atoms with E-state index in [4.69, 9.17) is 0 Å². The summed E-state index contributed by atoms with van der Waals surface area (Å²) in [6.45, 7) is 2.19. The molecule has 0 atom stereocenters. The van der Waals surface area contributed by atoms with Crippen molar-refractivity contribution < 1.29 is 0 Å². The van der Waals surface area contributed by atoms with Crippen LogP contribution in [0.15, 0.2) is 53.0 Å². The molecule has 17 heavy (non-hydrogen) atoms. The van der Waals surface area contributed by atoms with Crippen LogP contribution in [0, 0.1) is 6.92 Å². The Morgan fingerprint density at radius 2 is 1.59 bits per heavy atom. The van der Waals surface area contributed by atoms with E-state index in [0.717, 1.165) is 10.9 Å². The Bertz CT molecular complexity index is 471. The monoisotopic (exact) mass is 288 g/mol. The zero-order chi connectivity index (χ0) is 12.1. The van der Waals surface area contributed by atoms with Gasteiger partial charge in [0.05, 0.1) is 0 Å². The predicted octanol–water partition coefficient (Wildman–Crippen LogP) is 4.93. The van der Waals surface area contributed by atoms with Gasteiger partial charge in [-0.05, 0) is 55.0 Å². The first-order valence-electron chi connectivity index (χ1n) is 6.04. The largest absolute Gasteiger partial charge is 0.0620 e.